The zero-order valence-electron chi connectivity index (χ0n) is 11.9. The normalized spacial score (nSPS) is 17.2. The van der Waals surface area contributed by atoms with Crippen molar-refractivity contribution in [2.75, 3.05) is 58.3 Å². The molecule has 2 heterocycles. The zero-order valence-corrected chi connectivity index (χ0v) is 11.9. The predicted molar refractivity (Wildman–Crippen MR) is 77.1 cm³/mol. The molecule has 6 heteroatoms. The maximum atomic E-state index is 5.76. The number of piperazine rings is 1. The summed E-state index contributed by atoms with van der Waals surface area (Å²) < 4.78 is 0. The Morgan fingerprint density at radius 2 is 2.00 bits per heavy atom. The molecule has 0 spiro atoms. The van der Waals surface area contributed by atoms with E-state index in [0.29, 0.717) is 6.54 Å². The van der Waals surface area contributed by atoms with Crippen molar-refractivity contribution in [3.63, 3.8) is 0 Å². The number of aromatic nitrogens is 2. The highest BCUT2D eigenvalue weighted by Gasteiger charge is 2.19. The van der Waals surface area contributed by atoms with Crippen molar-refractivity contribution in [3.8, 4) is 0 Å². The third kappa shape index (κ3) is 3.86. The molecule has 0 aliphatic carbocycles. The highest BCUT2D eigenvalue weighted by atomic mass is 15.3. The largest absolute Gasteiger partial charge is 0.352 e. The fourth-order valence-corrected chi connectivity index (χ4v) is 2.30. The molecule has 1 aromatic rings. The van der Waals surface area contributed by atoms with Crippen LogP contribution in [0.3, 0.4) is 0 Å². The molecule has 2 N–H and O–H groups in total. The maximum absolute atomic E-state index is 5.76. The van der Waals surface area contributed by atoms with Crippen molar-refractivity contribution < 1.29 is 0 Å². The molecule has 0 radical (unpaired) electrons. The van der Waals surface area contributed by atoms with Gasteiger partial charge in [-0.15, -0.1) is 5.10 Å². The van der Waals surface area contributed by atoms with E-state index < -0.39 is 0 Å². The summed E-state index contributed by atoms with van der Waals surface area (Å²) in [5.41, 5.74) is 6.84. The van der Waals surface area contributed by atoms with Crippen LogP contribution in [0.25, 0.3) is 0 Å². The summed E-state index contributed by atoms with van der Waals surface area (Å²) in [7, 11) is 4.23. The van der Waals surface area contributed by atoms with Crippen molar-refractivity contribution >= 4 is 5.82 Å². The zero-order chi connectivity index (χ0) is 13.7. The topological polar surface area (TPSA) is 61.5 Å². The summed E-state index contributed by atoms with van der Waals surface area (Å²) >= 11 is 0. The van der Waals surface area contributed by atoms with E-state index in [1.54, 1.807) is 6.20 Å². The van der Waals surface area contributed by atoms with Gasteiger partial charge in [-0.1, -0.05) is 0 Å². The number of rotatable bonds is 5. The Labute approximate surface area is 115 Å². The average molecular weight is 264 g/mol. The van der Waals surface area contributed by atoms with Gasteiger partial charge in [0.25, 0.3) is 0 Å². The molecular weight excluding hydrogens is 240 g/mol. The standard InChI is InChI=1S/C13H24N6/c1-17(2)5-6-18-7-9-19(10-8-18)13-12(11-14)3-4-15-16-13/h3-4H,5-11,14H2,1-2H3. The molecule has 0 amide bonds. The molecule has 0 unspecified atom stereocenters. The van der Waals surface area contributed by atoms with Gasteiger partial charge in [0.15, 0.2) is 5.82 Å². The number of nitrogens with two attached hydrogens (primary N) is 1. The number of nitrogens with zero attached hydrogens (tertiary/aromatic N) is 5. The van der Waals surface area contributed by atoms with E-state index in [1.165, 1.54) is 0 Å². The third-order valence-corrected chi connectivity index (χ3v) is 3.54. The lowest BCUT2D eigenvalue weighted by Crippen LogP contribution is -2.48. The molecule has 106 valence electrons. The number of likely N-dealkylation sites (N-methyl/N-ethyl adjacent to an activating group) is 1. The molecule has 6 nitrogen and oxygen atoms in total. The van der Waals surface area contributed by atoms with E-state index in [1.807, 2.05) is 6.07 Å². The summed E-state index contributed by atoms with van der Waals surface area (Å²) in [4.78, 5) is 7.01. The lowest BCUT2D eigenvalue weighted by Gasteiger charge is -2.36. The Kier molecular flexibility index (Phi) is 5.07. The third-order valence-electron chi connectivity index (χ3n) is 3.54. The van der Waals surface area contributed by atoms with E-state index in [2.05, 4.69) is 39.0 Å². The van der Waals surface area contributed by atoms with Crippen LogP contribution in [-0.2, 0) is 6.54 Å². The van der Waals surface area contributed by atoms with Crippen LogP contribution >= 0.6 is 0 Å². The van der Waals surface area contributed by atoms with Gasteiger partial charge in [-0.25, -0.2) is 0 Å². The van der Waals surface area contributed by atoms with Crippen molar-refractivity contribution in [1.82, 2.24) is 20.0 Å². The molecule has 1 saturated heterocycles. The lowest BCUT2D eigenvalue weighted by molar-refractivity contribution is 0.229. The van der Waals surface area contributed by atoms with E-state index in [4.69, 9.17) is 5.73 Å². The highest BCUT2D eigenvalue weighted by molar-refractivity contribution is 5.45. The van der Waals surface area contributed by atoms with Gasteiger partial charge in [0.1, 0.15) is 0 Å². The SMILES string of the molecule is CN(C)CCN1CCN(c2nnccc2CN)CC1. The van der Waals surface area contributed by atoms with Gasteiger partial charge in [0.05, 0.1) is 6.20 Å². The Morgan fingerprint density at radius 3 is 2.63 bits per heavy atom. The Morgan fingerprint density at radius 1 is 1.26 bits per heavy atom. The molecule has 1 fully saturated rings. The van der Waals surface area contributed by atoms with E-state index in [-0.39, 0.29) is 0 Å². The molecule has 2 rings (SSSR count). The molecule has 0 bridgehead atoms. The minimum absolute atomic E-state index is 0.520. The summed E-state index contributed by atoms with van der Waals surface area (Å²) in [6.07, 6.45) is 1.71. The number of hydrogen-bond acceptors (Lipinski definition) is 6. The quantitative estimate of drug-likeness (QED) is 0.782. The second-order valence-corrected chi connectivity index (χ2v) is 5.22. The monoisotopic (exact) mass is 264 g/mol. The Hall–Kier alpha value is -1.24. The van der Waals surface area contributed by atoms with Gasteiger partial charge in [0.2, 0.25) is 0 Å². The fourth-order valence-electron chi connectivity index (χ4n) is 2.30. The second-order valence-electron chi connectivity index (χ2n) is 5.22. The Bertz CT molecular complexity index is 386. The fraction of sp³-hybridized carbons (Fsp3) is 0.692. The van der Waals surface area contributed by atoms with Gasteiger partial charge in [-0.05, 0) is 20.2 Å². The van der Waals surface area contributed by atoms with E-state index >= 15 is 0 Å². The summed E-state index contributed by atoms with van der Waals surface area (Å²) in [6.45, 7) is 6.91. The first-order valence-electron chi connectivity index (χ1n) is 6.83. The smallest absolute Gasteiger partial charge is 0.155 e. The summed E-state index contributed by atoms with van der Waals surface area (Å²) in [5.74, 6) is 0.956. The molecule has 0 atom stereocenters. The lowest BCUT2D eigenvalue weighted by atomic mass is 10.2. The van der Waals surface area contributed by atoms with Gasteiger partial charge in [-0.3, -0.25) is 4.90 Å². The molecule has 0 saturated carbocycles. The van der Waals surface area contributed by atoms with Crippen LogP contribution in [0.5, 0.6) is 0 Å². The summed E-state index contributed by atoms with van der Waals surface area (Å²) in [6, 6.07) is 1.96. The molecule has 0 aromatic carbocycles. The maximum Gasteiger partial charge on any atom is 0.155 e. The number of anilines is 1. The second kappa shape index (κ2) is 6.79. The van der Waals surface area contributed by atoms with Crippen LogP contribution in [0.4, 0.5) is 5.82 Å². The van der Waals surface area contributed by atoms with Crippen LogP contribution in [0.15, 0.2) is 12.3 Å². The van der Waals surface area contributed by atoms with Crippen LogP contribution in [-0.4, -0.2) is 73.4 Å². The van der Waals surface area contributed by atoms with Crippen molar-refractivity contribution in [2.45, 2.75) is 6.54 Å². The first-order chi connectivity index (χ1) is 9.20. The predicted octanol–water partition coefficient (Wildman–Crippen LogP) is -0.381. The molecule has 1 aromatic heterocycles. The van der Waals surface area contributed by atoms with Crippen LogP contribution in [0, 0.1) is 0 Å². The molecular formula is C13H24N6. The van der Waals surface area contributed by atoms with Crippen molar-refractivity contribution in [3.05, 3.63) is 17.8 Å². The van der Waals surface area contributed by atoms with Gasteiger partial charge in [-0.2, -0.15) is 5.10 Å². The molecule has 1 aliphatic heterocycles. The highest BCUT2D eigenvalue weighted by Crippen LogP contribution is 2.17. The van der Waals surface area contributed by atoms with Gasteiger partial charge >= 0.3 is 0 Å². The van der Waals surface area contributed by atoms with Crippen LogP contribution in [0.1, 0.15) is 5.56 Å². The van der Waals surface area contributed by atoms with E-state index in [9.17, 15) is 0 Å². The van der Waals surface area contributed by atoms with Gasteiger partial charge < -0.3 is 15.5 Å². The van der Waals surface area contributed by atoms with Crippen molar-refractivity contribution in [1.29, 1.82) is 0 Å². The average Bonchev–Trinajstić information content (AvgIpc) is 2.45. The minimum atomic E-state index is 0.520. The molecule has 1 aliphatic rings. The first kappa shape index (κ1) is 14.2. The number of hydrogen-bond donors (Lipinski definition) is 1. The van der Waals surface area contributed by atoms with Crippen molar-refractivity contribution in [2.24, 2.45) is 5.73 Å². The summed E-state index contributed by atoms with van der Waals surface area (Å²) in [5, 5.41) is 8.22. The van der Waals surface area contributed by atoms with Crippen LogP contribution in [0.2, 0.25) is 0 Å². The van der Waals surface area contributed by atoms with Crippen LogP contribution < -0.4 is 10.6 Å². The first-order valence-corrected chi connectivity index (χ1v) is 6.83. The Balaban J connectivity index is 1.89. The minimum Gasteiger partial charge on any atom is -0.352 e. The molecule has 19 heavy (non-hydrogen) atoms. The van der Waals surface area contributed by atoms with Gasteiger partial charge in [0, 0.05) is 51.4 Å². The van der Waals surface area contributed by atoms with E-state index in [0.717, 1.165) is 50.6 Å².